The van der Waals surface area contributed by atoms with E-state index in [0.717, 1.165) is 18.4 Å². The van der Waals surface area contributed by atoms with Crippen LogP contribution in [-0.2, 0) is 4.79 Å². The number of amides is 2. The van der Waals surface area contributed by atoms with Gasteiger partial charge in [0, 0.05) is 12.6 Å². The molecule has 7 nitrogen and oxygen atoms in total. The third-order valence-electron chi connectivity index (χ3n) is 4.23. The molecule has 1 unspecified atom stereocenters. The molecule has 2 aromatic rings. The van der Waals surface area contributed by atoms with Crippen LogP contribution >= 0.6 is 11.3 Å². The number of nitrogens with one attached hydrogen (secondary N) is 1. The number of carbonyl (C=O) groups is 3. The van der Waals surface area contributed by atoms with E-state index < -0.39 is 11.9 Å². The highest BCUT2D eigenvalue weighted by molar-refractivity contribution is 7.18. The lowest BCUT2D eigenvalue weighted by atomic mass is 10.1. The Labute approximate surface area is 154 Å². The molecule has 3 rings (SSSR count). The molecule has 0 aliphatic heterocycles. The number of anilines is 1. The Kier molecular flexibility index (Phi) is 5.13. The SMILES string of the molecule is Cc1cc(NC(=O)c2ccco2)sc1C(=O)N(CC(C)C(=O)O)C1CC1. The molecule has 1 atom stereocenters. The molecule has 1 fully saturated rings. The molecule has 0 saturated heterocycles. The molecule has 1 saturated carbocycles. The highest BCUT2D eigenvalue weighted by Crippen LogP contribution is 2.33. The second-order valence-corrected chi connectivity index (χ2v) is 7.53. The van der Waals surface area contributed by atoms with E-state index in [1.165, 1.54) is 17.6 Å². The fourth-order valence-corrected chi connectivity index (χ4v) is 3.65. The first kappa shape index (κ1) is 18.2. The number of aliphatic carboxylic acids is 1. The van der Waals surface area contributed by atoms with Crippen molar-refractivity contribution in [3.63, 3.8) is 0 Å². The van der Waals surface area contributed by atoms with Gasteiger partial charge in [-0.1, -0.05) is 6.92 Å². The van der Waals surface area contributed by atoms with E-state index in [1.807, 2.05) is 0 Å². The van der Waals surface area contributed by atoms with Gasteiger partial charge < -0.3 is 19.7 Å². The maximum atomic E-state index is 12.9. The third-order valence-corrected chi connectivity index (χ3v) is 5.37. The van der Waals surface area contributed by atoms with Gasteiger partial charge in [-0.3, -0.25) is 14.4 Å². The van der Waals surface area contributed by atoms with Crippen molar-refractivity contribution >= 4 is 34.1 Å². The molecule has 0 radical (unpaired) electrons. The highest BCUT2D eigenvalue weighted by Gasteiger charge is 2.36. The van der Waals surface area contributed by atoms with E-state index in [9.17, 15) is 14.4 Å². The van der Waals surface area contributed by atoms with Crippen LogP contribution in [0.3, 0.4) is 0 Å². The van der Waals surface area contributed by atoms with Crippen molar-refractivity contribution in [2.45, 2.75) is 32.7 Å². The predicted molar refractivity (Wildman–Crippen MR) is 96.6 cm³/mol. The van der Waals surface area contributed by atoms with Crippen LogP contribution in [0.2, 0.25) is 0 Å². The molecule has 2 heterocycles. The Hall–Kier alpha value is -2.61. The van der Waals surface area contributed by atoms with E-state index in [0.29, 0.717) is 9.88 Å². The Morgan fingerprint density at radius 3 is 2.73 bits per heavy atom. The summed E-state index contributed by atoms with van der Waals surface area (Å²) in [6, 6.07) is 5.03. The third kappa shape index (κ3) is 3.96. The molecule has 0 spiro atoms. The van der Waals surface area contributed by atoms with Crippen LogP contribution in [0.4, 0.5) is 5.00 Å². The Morgan fingerprint density at radius 1 is 1.42 bits per heavy atom. The molecule has 8 heteroatoms. The van der Waals surface area contributed by atoms with E-state index in [-0.39, 0.29) is 30.2 Å². The van der Waals surface area contributed by atoms with Gasteiger partial charge in [0.1, 0.15) is 0 Å². The van der Waals surface area contributed by atoms with E-state index in [4.69, 9.17) is 9.52 Å². The largest absolute Gasteiger partial charge is 0.481 e. The maximum Gasteiger partial charge on any atom is 0.308 e. The van der Waals surface area contributed by atoms with Crippen molar-refractivity contribution in [3.8, 4) is 0 Å². The summed E-state index contributed by atoms with van der Waals surface area (Å²) in [6.45, 7) is 3.59. The number of hydrogen-bond donors (Lipinski definition) is 2. The van der Waals surface area contributed by atoms with Gasteiger partial charge in [-0.15, -0.1) is 11.3 Å². The molecule has 2 amide bonds. The van der Waals surface area contributed by atoms with Gasteiger partial charge in [0.25, 0.3) is 11.8 Å². The van der Waals surface area contributed by atoms with Crippen LogP contribution in [0.25, 0.3) is 0 Å². The molecule has 0 aromatic carbocycles. The van der Waals surface area contributed by atoms with Crippen molar-refractivity contribution in [1.82, 2.24) is 4.90 Å². The van der Waals surface area contributed by atoms with Crippen molar-refractivity contribution in [2.75, 3.05) is 11.9 Å². The van der Waals surface area contributed by atoms with E-state index in [2.05, 4.69) is 5.32 Å². The molecule has 0 bridgehead atoms. The zero-order valence-electron chi connectivity index (χ0n) is 14.5. The quantitative estimate of drug-likeness (QED) is 0.773. The standard InChI is InChI=1S/C18H20N2O5S/c1-10-8-14(19-16(21)13-4-3-7-25-13)26-15(10)17(22)20(12-5-6-12)9-11(2)18(23)24/h3-4,7-8,11-12H,5-6,9H2,1-2H3,(H,19,21)(H,23,24). The Morgan fingerprint density at radius 2 is 2.15 bits per heavy atom. The number of carbonyl (C=O) groups excluding carboxylic acids is 2. The molecular formula is C18H20N2O5S. The van der Waals surface area contributed by atoms with Gasteiger partial charge in [-0.25, -0.2) is 0 Å². The van der Waals surface area contributed by atoms with Crippen LogP contribution in [0.1, 0.15) is 45.6 Å². The topological polar surface area (TPSA) is 99.9 Å². The minimum absolute atomic E-state index is 0.104. The lowest BCUT2D eigenvalue weighted by Gasteiger charge is -2.24. The van der Waals surface area contributed by atoms with Crippen molar-refractivity contribution < 1.29 is 23.9 Å². The summed E-state index contributed by atoms with van der Waals surface area (Å²) in [5.41, 5.74) is 0.753. The summed E-state index contributed by atoms with van der Waals surface area (Å²) in [5, 5.41) is 12.4. The fraction of sp³-hybridized carbons (Fsp3) is 0.389. The summed E-state index contributed by atoms with van der Waals surface area (Å²) in [4.78, 5) is 38.3. The number of carboxylic acid groups (broad SMARTS) is 1. The Bertz CT molecular complexity index is 823. The van der Waals surface area contributed by atoms with Gasteiger partial charge in [-0.2, -0.15) is 0 Å². The smallest absolute Gasteiger partial charge is 0.308 e. The molecule has 1 aliphatic rings. The van der Waals surface area contributed by atoms with Gasteiger partial charge >= 0.3 is 5.97 Å². The van der Waals surface area contributed by atoms with Gasteiger partial charge in [0.05, 0.1) is 22.1 Å². The average Bonchev–Trinajstić information content (AvgIpc) is 3.14. The summed E-state index contributed by atoms with van der Waals surface area (Å²) >= 11 is 1.19. The number of nitrogens with zero attached hydrogens (tertiary/aromatic N) is 1. The lowest BCUT2D eigenvalue weighted by Crippen LogP contribution is -2.38. The molecule has 1 aliphatic carbocycles. The van der Waals surface area contributed by atoms with Gasteiger partial charge in [0.15, 0.2) is 5.76 Å². The van der Waals surface area contributed by atoms with Crippen LogP contribution in [0, 0.1) is 12.8 Å². The lowest BCUT2D eigenvalue weighted by molar-refractivity contribution is -0.141. The van der Waals surface area contributed by atoms with Crippen LogP contribution in [0.5, 0.6) is 0 Å². The number of hydrogen-bond acceptors (Lipinski definition) is 5. The van der Waals surface area contributed by atoms with Crippen molar-refractivity contribution in [2.24, 2.45) is 5.92 Å². The van der Waals surface area contributed by atoms with Crippen molar-refractivity contribution in [3.05, 3.63) is 40.7 Å². The number of aryl methyl sites for hydroxylation is 1. The highest BCUT2D eigenvalue weighted by atomic mass is 32.1. The molecular weight excluding hydrogens is 356 g/mol. The second-order valence-electron chi connectivity index (χ2n) is 6.48. The first-order valence-corrected chi connectivity index (χ1v) is 9.17. The van der Waals surface area contributed by atoms with Crippen molar-refractivity contribution in [1.29, 1.82) is 0 Å². The minimum atomic E-state index is -0.919. The minimum Gasteiger partial charge on any atom is -0.481 e. The summed E-state index contributed by atoms with van der Waals surface area (Å²) < 4.78 is 5.06. The number of carboxylic acids is 1. The van der Waals surface area contributed by atoms with Gasteiger partial charge in [-0.05, 0) is 43.5 Å². The van der Waals surface area contributed by atoms with Crippen LogP contribution in [-0.4, -0.2) is 40.4 Å². The molecule has 26 heavy (non-hydrogen) atoms. The zero-order chi connectivity index (χ0) is 18.8. The monoisotopic (exact) mass is 376 g/mol. The molecule has 2 N–H and O–H groups in total. The fourth-order valence-electron chi connectivity index (χ4n) is 2.62. The summed E-state index contributed by atoms with van der Waals surface area (Å²) in [7, 11) is 0. The zero-order valence-corrected chi connectivity index (χ0v) is 15.3. The number of furan rings is 1. The summed E-state index contributed by atoms with van der Waals surface area (Å²) in [5.74, 6) is -1.91. The molecule has 138 valence electrons. The van der Waals surface area contributed by atoms with Gasteiger partial charge in [0.2, 0.25) is 0 Å². The van der Waals surface area contributed by atoms with E-state index in [1.54, 1.807) is 36.9 Å². The predicted octanol–water partition coefficient (Wildman–Crippen LogP) is 3.23. The maximum absolute atomic E-state index is 12.9. The van der Waals surface area contributed by atoms with Crippen LogP contribution < -0.4 is 5.32 Å². The first-order valence-electron chi connectivity index (χ1n) is 8.36. The average molecular weight is 376 g/mol. The number of rotatable bonds is 7. The second kappa shape index (κ2) is 7.33. The number of thiophene rings is 1. The normalized spacial score (nSPS) is 14.7. The van der Waals surface area contributed by atoms with Crippen LogP contribution in [0.15, 0.2) is 28.9 Å². The Balaban J connectivity index is 1.75. The first-order chi connectivity index (χ1) is 12.4. The van der Waals surface area contributed by atoms with E-state index >= 15 is 0 Å². The summed E-state index contributed by atoms with van der Waals surface area (Å²) in [6.07, 6.45) is 3.20. The molecule has 2 aromatic heterocycles.